The van der Waals surface area contributed by atoms with Gasteiger partial charge in [0.25, 0.3) is 5.91 Å². The van der Waals surface area contributed by atoms with Crippen molar-refractivity contribution >= 4 is 44.9 Å². The molecule has 0 fully saturated rings. The number of aliphatic imine (C=N–C) groups is 1. The zero-order valence-corrected chi connectivity index (χ0v) is 20.5. The Morgan fingerprint density at radius 2 is 1.94 bits per heavy atom. The second kappa shape index (κ2) is 10.1. The van der Waals surface area contributed by atoms with E-state index in [0.29, 0.717) is 17.0 Å². The molecule has 2 aromatic carbocycles. The van der Waals surface area contributed by atoms with Gasteiger partial charge in [0.1, 0.15) is 30.2 Å². The fourth-order valence-electron chi connectivity index (χ4n) is 3.71. The van der Waals surface area contributed by atoms with Gasteiger partial charge in [-0.2, -0.15) is 5.10 Å². The standard InChI is InChI=1S/C25H21BrN4O5/c1-14-10-20(31)23(25(34)35-14)15(2)28-29-21(32)13-30-19-9-8-17(26)11-18(19)24(27-12-22(30)33)16-6-4-3-5-7-16/h3-11,31H,12-13H2,1-2H3,(H,29,32)/b28-15+. The van der Waals surface area contributed by atoms with Crippen LogP contribution in [0.2, 0.25) is 0 Å². The van der Waals surface area contributed by atoms with Crippen LogP contribution < -0.4 is 16.0 Å². The summed E-state index contributed by atoms with van der Waals surface area (Å²) in [4.78, 5) is 43.6. The number of carbonyl (C=O) groups excluding carboxylic acids is 2. The number of anilines is 1. The van der Waals surface area contributed by atoms with E-state index in [4.69, 9.17) is 4.42 Å². The first-order valence-corrected chi connectivity index (χ1v) is 11.4. The van der Waals surface area contributed by atoms with Crippen LogP contribution in [0.1, 0.15) is 29.4 Å². The topological polar surface area (TPSA) is 125 Å². The predicted molar refractivity (Wildman–Crippen MR) is 135 cm³/mol. The summed E-state index contributed by atoms with van der Waals surface area (Å²) >= 11 is 3.47. The zero-order valence-electron chi connectivity index (χ0n) is 18.9. The Balaban J connectivity index is 1.60. The van der Waals surface area contributed by atoms with Gasteiger partial charge in [-0.1, -0.05) is 46.3 Å². The summed E-state index contributed by atoms with van der Waals surface area (Å²) < 4.78 is 5.78. The molecule has 178 valence electrons. The first kappa shape index (κ1) is 24.1. The number of fused-ring (bicyclic) bond motifs is 1. The fourth-order valence-corrected chi connectivity index (χ4v) is 4.07. The lowest BCUT2D eigenvalue weighted by Gasteiger charge is -2.22. The minimum Gasteiger partial charge on any atom is -0.507 e. The molecule has 0 unspecified atom stereocenters. The van der Waals surface area contributed by atoms with Gasteiger partial charge >= 0.3 is 5.63 Å². The molecule has 4 rings (SSSR count). The lowest BCUT2D eigenvalue weighted by atomic mass is 10.0. The van der Waals surface area contributed by atoms with E-state index >= 15 is 0 Å². The number of nitrogens with zero attached hydrogens (tertiary/aromatic N) is 3. The normalized spacial score (nSPS) is 13.7. The maximum Gasteiger partial charge on any atom is 0.348 e. The van der Waals surface area contributed by atoms with Gasteiger partial charge in [0.05, 0.1) is 17.1 Å². The van der Waals surface area contributed by atoms with E-state index in [2.05, 4.69) is 31.4 Å². The number of hydrogen-bond donors (Lipinski definition) is 2. The number of aryl methyl sites for hydroxylation is 1. The highest BCUT2D eigenvalue weighted by Gasteiger charge is 2.27. The minimum absolute atomic E-state index is 0.0609. The Labute approximate surface area is 208 Å². The summed E-state index contributed by atoms with van der Waals surface area (Å²) in [5.41, 5.74) is 4.20. The Kier molecular flexibility index (Phi) is 6.92. The van der Waals surface area contributed by atoms with Crippen LogP contribution >= 0.6 is 15.9 Å². The highest BCUT2D eigenvalue weighted by Crippen LogP contribution is 2.29. The third-order valence-corrected chi connectivity index (χ3v) is 5.78. The summed E-state index contributed by atoms with van der Waals surface area (Å²) in [5, 5.41) is 14.0. The third-order valence-electron chi connectivity index (χ3n) is 5.29. The number of hydrazone groups is 1. The summed E-state index contributed by atoms with van der Waals surface area (Å²) in [6.45, 7) is 2.52. The SMILES string of the molecule is C/C(=N\NC(=O)CN1C(=O)CN=C(c2ccccc2)c2cc(Br)ccc21)c1c(O)cc(C)oc1=O. The highest BCUT2D eigenvalue weighted by molar-refractivity contribution is 9.10. The summed E-state index contributed by atoms with van der Waals surface area (Å²) in [6.07, 6.45) is 0. The molecular formula is C25H21BrN4O5. The van der Waals surface area contributed by atoms with Crippen molar-refractivity contribution in [2.75, 3.05) is 18.0 Å². The van der Waals surface area contributed by atoms with Crippen molar-refractivity contribution in [3.05, 3.63) is 91.9 Å². The van der Waals surface area contributed by atoms with Gasteiger partial charge in [0.15, 0.2) is 0 Å². The maximum atomic E-state index is 13.0. The van der Waals surface area contributed by atoms with Crippen molar-refractivity contribution in [2.45, 2.75) is 13.8 Å². The maximum absolute atomic E-state index is 13.0. The van der Waals surface area contributed by atoms with Crippen molar-refractivity contribution in [2.24, 2.45) is 10.1 Å². The van der Waals surface area contributed by atoms with Crippen LogP contribution in [0.15, 0.2) is 78.4 Å². The van der Waals surface area contributed by atoms with Crippen molar-refractivity contribution in [1.82, 2.24) is 5.43 Å². The average molecular weight is 537 g/mol. The Bertz CT molecular complexity index is 1430. The molecule has 2 amide bonds. The minimum atomic E-state index is -0.772. The number of rotatable bonds is 5. The number of carbonyl (C=O) groups is 2. The summed E-state index contributed by atoms with van der Waals surface area (Å²) in [5.74, 6) is -1.00. The van der Waals surface area contributed by atoms with Crippen molar-refractivity contribution in [3.63, 3.8) is 0 Å². The van der Waals surface area contributed by atoms with E-state index in [9.17, 15) is 19.5 Å². The first-order valence-electron chi connectivity index (χ1n) is 10.6. The van der Waals surface area contributed by atoms with Crippen molar-refractivity contribution < 1.29 is 19.1 Å². The molecule has 1 aliphatic rings. The molecular weight excluding hydrogens is 516 g/mol. The molecule has 1 aliphatic heterocycles. The highest BCUT2D eigenvalue weighted by atomic mass is 79.9. The van der Waals surface area contributed by atoms with Gasteiger partial charge in [-0.05, 0) is 32.0 Å². The molecule has 0 atom stereocenters. The van der Waals surface area contributed by atoms with E-state index in [-0.39, 0.29) is 41.8 Å². The molecule has 0 radical (unpaired) electrons. The Morgan fingerprint density at radius 3 is 2.66 bits per heavy atom. The van der Waals surface area contributed by atoms with Gasteiger partial charge in [0.2, 0.25) is 5.91 Å². The van der Waals surface area contributed by atoms with Gasteiger partial charge < -0.3 is 14.4 Å². The van der Waals surface area contributed by atoms with Crippen LogP contribution in [0.4, 0.5) is 5.69 Å². The van der Waals surface area contributed by atoms with Crippen LogP contribution in [-0.2, 0) is 9.59 Å². The van der Waals surface area contributed by atoms with Crippen LogP contribution in [0.25, 0.3) is 0 Å². The van der Waals surface area contributed by atoms with E-state index < -0.39 is 11.5 Å². The molecule has 0 saturated carbocycles. The molecule has 35 heavy (non-hydrogen) atoms. The fraction of sp³-hybridized carbons (Fsp3) is 0.160. The molecule has 9 nitrogen and oxygen atoms in total. The first-order chi connectivity index (χ1) is 16.7. The van der Waals surface area contributed by atoms with Gasteiger partial charge in [0, 0.05) is 21.7 Å². The van der Waals surface area contributed by atoms with Crippen molar-refractivity contribution in [1.29, 1.82) is 0 Å². The second-order valence-corrected chi connectivity index (χ2v) is 8.72. The third kappa shape index (κ3) is 5.22. The monoisotopic (exact) mass is 536 g/mol. The summed E-state index contributed by atoms with van der Waals surface area (Å²) in [7, 11) is 0. The molecule has 0 saturated heterocycles. The number of amides is 2. The van der Waals surface area contributed by atoms with E-state index in [1.807, 2.05) is 36.4 Å². The van der Waals surface area contributed by atoms with Gasteiger partial charge in [-0.3, -0.25) is 14.6 Å². The lowest BCUT2D eigenvalue weighted by Crippen LogP contribution is -2.40. The molecule has 3 aromatic rings. The number of halogens is 1. The zero-order chi connectivity index (χ0) is 25.1. The van der Waals surface area contributed by atoms with Crippen LogP contribution in [0.5, 0.6) is 5.75 Å². The lowest BCUT2D eigenvalue weighted by molar-refractivity contribution is -0.123. The smallest absolute Gasteiger partial charge is 0.348 e. The molecule has 2 heterocycles. The number of aromatic hydroxyl groups is 1. The van der Waals surface area contributed by atoms with E-state index in [0.717, 1.165) is 10.0 Å². The largest absolute Gasteiger partial charge is 0.507 e. The van der Waals surface area contributed by atoms with E-state index in [1.54, 1.807) is 12.1 Å². The van der Waals surface area contributed by atoms with Crippen LogP contribution in [0, 0.1) is 6.92 Å². The van der Waals surface area contributed by atoms with Gasteiger partial charge in [-0.25, -0.2) is 10.2 Å². The van der Waals surface area contributed by atoms with Crippen LogP contribution in [-0.4, -0.2) is 41.4 Å². The molecule has 10 heteroatoms. The van der Waals surface area contributed by atoms with Crippen LogP contribution in [0.3, 0.4) is 0 Å². The number of benzene rings is 2. The second-order valence-electron chi connectivity index (χ2n) is 7.81. The van der Waals surface area contributed by atoms with E-state index in [1.165, 1.54) is 24.8 Å². The summed E-state index contributed by atoms with van der Waals surface area (Å²) in [6, 6.07) is 16.2. The average Bonchev–Trinajstić information content (AvgIpc) is 2.94. The molecule has 0 aliphatic carbocycles. The molecule has 2 N–H and O–H groups in total. The number of hydrogen-bond acceptors (Lipinski definition) is 7. The Hall–Kier alpha value is -4.05. The number of nitrogens with one attached hydrogen (secondary N) is 1. The molecule has 0 bridgehead atoms. The molecule has 0 spiro atoms. The van der Waals surface area contributed by atoms with Crippen molar-refractivity contribution in [3.8, 4) is 5.75 Å². The number of benzodiazepines with no additional fused rings is 1. The predicted octanol–water partition coefficient (Wildman–Crippen LogP) is 3.14. The van der Waals surface area contributed by atoms with Gasteiger partial charge in [-0.15, -0.1) is 0 Å². The Morgan fingerprint density at radius 1 is 1.20 bits per heavy atom. The quantitative estimate of drug-likeness (QED) is 0.382. The molecule has 1 aromatic heterocycles.